The predicted molar refractivity (Wildman–Crippen MR) is 122 cm³/mol. The fourth-order valence-corrected chi connectivity index (χ4v) is 3.99. The number of alkyl halides is 3. The molecule has 35 heavy (non-hydrogen) atoms. The van der Waals surface area contributed by atoms with E-state index in [9.17, 15) is 23.1 Å². The predicted octanol–water partition coefficient (Wildman–Crippen LogP) is 5.85. The lowest BCUT2D eigenvalue weighted by Crippen LogP contribution is -2.34. The van der Waals surface area contributed by atoms with Gasteiger partial charge in [-0.05, 0) is 35.8 Å². The highest BCUT2D eigenvalue weighted by molar-refractivity contribution is 6.37. The van der Waals surface area contributed by atoms with Crippen molar-refractivity contribution in [2.75, 3.05) is 6.54 Å². The second-order valence-electron chi connectivity index (χ2n) is 7.80. The number of phenols is 1. The van der Waals surface area contributed by atoms with Crippen molar-refractivity contribution < 1.29 is 27.6 Å². The van der Waals surface area contributed by atoms with Gasteiger partial charge >= 0.3 is 18.0 Å². The lowest BCUT2D eigenvalue weighted by Gasteiger charge is -2.26. The van der Waals surface area contributed by atoms with Gasteiger partial charge in [-0.3, -0.25) is 9.78 Å². The number of pyridine rings is 1. The molecule has 2 aromatic heterocycles. The van der Waals surface area contributed by atoms with Gasteiger partial charge in [-0.1, -0.05) is 52.7 Å². The molecule has 1 aliphatic rings. The van der Waals surface area contributed by atoms with E-state index in [-0.39, 0.29) is 47.0 Å². The van der Waals surface area contributed by atoms with Crippen LogP contribution in [0.3, 0.4) is 0 Å². The summed E-state index contributed by atoms with van der Waals surface area (Å²) >= 11 is 11.9. The van der Waals surface area contributed by atoms with Gasteiger partial charge in [0.05, 0.1) is 16.0 Å². The normalized spacial score (nSPS) is 15.7. The monoisotopic (exact) mass is 524 g/mol. The number of rotatable bonds is 6. The second-order valence-corrected chi connectivity index (χ2v) is 8.61. The zero-order chi connectivity index (χ0) is 25.2. The Morgan fingerprint density at radius 3 is 2.63 bits per heavy atom. The van der Waals surface area contributed by atoms with Crippen LogP contribution < -0.4 is 0 Å². The largest absolute Gasteiger partial charge is 0.505 e. The number of aromatic nitrogens is 3. The highest BCUT2D eigenvalue weighted by Gasteiger charge is 2.39. The van der Waals surface area contributed by atoms with Crippen LogP contribution >= 0.6 is 23.2 Å². The first-order chi connectivity index (χ1) is 16.6. The molecule has 1 amide bonds. The molecule has 1 N–H and O–H groups in total. The molecule has 0 spiro atoms. The van der Waals surface area contributed by atoms with E-state index < -0.39 is 18.0 Å². The van der Waals surface area contributed by atoms with Crippen LogP contribution in [-0.2, 0) is 6.54 Å². The molecule has 0 radical (unpaired) electrons. The van der Waals surface area contributed by atoms with Crippen LogP contribution in [-0.4, -0.2) is 43.8 Å². The zero-order valence-electron chi connectivity index (χ0n) is 17.8. The highest BCUT2D eigenvalue weighted by Crippen LogP contribution is 2.36. The van der Waals surface area contributed by atoms with E-state index in [0.29, 0.717) is 16.7 Å². The molecule has 3 aromatic rings. The molecule has 4 rings (SSSR count). The van der Waals surface area contributed by atoms with E-state index in [1.165, 1.54) is 23.1 Å². The van der Waals surface area contributed by atoms with Crippen LogP contribution in [0.25, 0.3) is 11.4 Å². The number of nitrogens with zero attached hydrogens (tertiary/aromatic N) is 4. The summed E-state index contributed by atoms with van der Waals surface area (Å²) < 4.78 is 44.8. The molecule has 12 heteroatoms. The standard InChI is InChI=1S/C23H17Cl2F3N4O3/c24-17-8-15(9-18(25)19(17)33)20-30-21(35-31-20)22(34)32(12-14-4-2-6-29-10-14)11-13-3-1-5-16(7-13)23(26,27)28/h1-6,8-10,16,33H,7,11-12H2. The van der Waals surface area contributed by atoms with Crippen molar-refractivity contribution >= 4 is 29.1 Å². The van der Waals surface area contributed by atoms with E-state index in [2.05, 4.69) is 15.1 Å². The maximum Gasteiger partial charge on any atom is 0.395 e. The van der Waals surface area contributed by atoms with E-state index in [1.54, 1.807) is 30.6 Å². The molecule has 182 valence electrons. The van der Waals surface area contributed by atoms with Gasteiger partial charge in [0, 0.05) is 31.0 Å². The van der Waals surface area contributed by atoms with Crippen LogP contribution in [0.15, 0.2) is 65.0 Å². The van der Waals surface area contributed by atoms with E-state index in [1.807, 2.05) is 0 Å². The van der Waals surface area contributed by atoms with Gasteiger partial charge < -0.3 is 14.5 Å². The summed E-state index contributed by atoms with van der Waals surface area (Å²) in [6.45, 7) is -0.0295. The van der Waals surface area contributed by atoms with Crippen molar-refractivity contribution in [2.45, 2.75) is 19.1 Å². The third-order valence-corrected chi connectivity index (χ3v) is 5.82. The minimum absolute atomic E-state index is 0.00423. The topological polar surface area (TPSA) is 92.3 Å². The number of amides is 1. The van der Waals surface area contributed by atoms with Gasteiger partial charge in [-0.25, -0.2) is 0 Å². The van der Waals surface area contributed by atoms with Crippen LogP contribution in [0, 0.1) is 5.92 Å². The van der Waals surface area contributed by atoms with Crippen LogP contribution in [0.4, 0.5) is 13.2 Å². The minimum Gasteiger partial charge on any atom is -0.505 e. The first-order valence-corrected chi connectivity index (χ1v) is 11.0. The molecule has 0 fully saturated rings. The van der Waals surface area contributed by atoms with Crippen molar-refractivity contribution in [3.05, 3.63) is 82.0 Å². The maximum atomic E-state index is 13.3. The molecule has 1 unspecified atom stereocenters. The summed E-state index contributed by atoms with van der Waals surface area (Å²) in [5, 5.41) is 13.4. The Labute approximate surface area is 207 Å². The average molecular weight is 525 g/mol. The Morgan fingerprint density at radius 2 is 1.97 bits per heavy atom. The van der Waals surface area contributed by atoms with Crippen molar-refractivity contribution in [2.24, 2.45) is 5.92 Å². The molecule has 0 aliphatic heterocycles. The van der Waals surface area contributed by atoms with E-state index in [4.69, 9.17) is 27.7 Å². The SMILES string of the molecule is O=C(c1nc(-c2cc(Cl)c(O)c(Cl)c2)no1)N(CC1=CC=CC(C(F)(F)F)C1)Cc1cccnc1. The van der Waals surface area contributed by atoms with E-state index >= 15 is 0 Å². The minimum atomic E-state index is -4.39. The summed E-state index contributed by atoms with van der Waals surface area (Å²) in [5.41, 5.74) is 1.38. The molecule has 2 heterocycles. The van der Waals surface area contributed by atoms with Crippen LogP contribution in [0.1, 0.15) is 22.7 Å². The molecule has 0 bridgehead atoms. The Balaban J connectivity index is 1.60. The molecular weight excluding hydrogens is 508 g/mol. The summed E-state index contributed by atoms with van der Waals surface area (Å²) in [6, 6.07) is 6.13. The van der Waals surface area contributed by atoms with Gasteiger partial charge in [0.25, 0.3) is 0 Å². The van der Waals surface area contributed by atoms with Gasteiger partial charge in [-0.2, -0.15) is 18.2 Å². The number of hydrogen-bond acceptors (Lipinski definition) is 6. The number of carbonyl (C=O) groups excluding carboxylic acids is 1. The summed E-state index contributed by atoms with van der Waals surface area (Å²) in [5.74, 6) is -3.00. The number of aromatic hydroxyl groups is 1. The second kappa shape index (κ2) is 10.1. The average Bonchev–Trinajstić information content (AvgIpc) is 3.32. The third-order valence-electron chi connectivity index (χ3n) is 5.24. The Kier molecular flexibility index (Phi) is 7.13. The first kappa shape index (κ1) is 24.7. The van der Waals surface area contributed by atoms with Crippen molar-refractivity contribution in [3.8, 4) is 17.1 Å². The molecule has 1 aromatic carbocycles. The Bertz CT molecular complexity index is 1270. The van der Waals surface area contributed by atoms with Crippen molar-refractivity contribution in [1.29, 1.82) is 0 Å². The molecule has 0 saturated carbocycles. The summed E-state index contributed by atoms with van der Waals surface area (Å²) in [7, 11) is 0. The molecule has 0 saturated heterocycles. The molecule has 7 nitrogen and oxygen atoms in total. The van der Waals surface area contributed by atoms with Crippen LogP contribution in [0.2, 0.25) is 10.0 Å². The van der Waals surface area contributed by atoms with Gasteiger partial charge in [-0.15, -0.1) is 0 Å². The maximum absolute atomic E-state index is 13.3. The summed E-state index contributed by atoms with van der Waals surface area (Å²) in [4.78, 5) is 22.7. The Morgan fingerprint density at radius 1 is 1.23 bits per heavy atom. The van der Waals surface area contributed by atoms with Crippen molar-refractivity contribution in [1.82, 2.24) is 20.0 Å². The number of halogens is 5. The van der Waals surface area contributed by atoms with Crippen molar-refractivity contribution in [3.63, 3.8) is 0 Å². The first-order valence-electron chi connectivity index (χ1n) is 10.2. The molecule has 1 atom stereocenters. The number of phenolic OH excluding ortho intramolecular Hbond substituents is 1. The fourth-order valence-electron chi connectivity index (χ4n) is 3.50. The highest BCUT2D eigenvalue weighted by atomic mass is 35.5. The lowest BCUT2D eigenvalue weighted by atomic mass is 9.93. The van der Waals surface area contributed by atoms with Gasteiger partial charge in [0.2, 0.25) is 5.82 Å². The molecule has 1 aliphatic carbocycles. The van der Waals surface area contributed by atoms with E-state index in [0.717, 1.165) is 6.08 Å². The lowest BCUT2D eigenvalue weighted by molar-refractivity contribution is -0.161. The fraction of sp³-hybridized carbons (Fsp3) is 0.217. The summed E-state index contributed by atoms with van der Waals surface area (Å²) in [6.07, 6.45) is 2.45. The number of hydrogen-bond donors (Lipinski definition) is 1. The third kappa shape index (κ3) is 5.83. The quantitative estimate of drug-likeness (QED) is 0.434. The smallest absolute Gasteiger partial charge is 0.395 e. The number of allylic oxidation sites excluding steroid dienone is 3. The number of carbonyl (C=O) groups is 1. The van der Waals surface area contributed by atoms with Crippen LogP contribution in [0.5, 0.6) is 5.75 Å². The van der Waals surface area contributed by atoms with Gasteiger partial charge in [0.1, 0.15) is 0 Å². The Hall–Kier alpha value is -3.37. The van der Waals surface area contributed by atoms with Gasteiger partial charge in [0.15, 0.2) is 5.75 Å². The zero-order valence-corrected chi connectivity index (χ0v) is 19.3. The number of benzene rings is 1. The molecular formula is C23H17Cl2F3N4O3.